The van der Waals surface area contributed by atoms with Crippen LogP contribution in [-0.4, -0.2) is 0 Å². The van der Waals surface area contributed by atoms with Gasteiger partial charge < -0.3 is 4.42 Å². The van der Waals surface area contributed by atoms with E-state index in [4.69, 9.17) is 4.42 Å². The Labute approximate surface area is 191 Å². The van der Waals surface area contributed by atoms with Gasteiger partial charge in [-0.15, -0.1) is 0 Å². The van der Waals surface area contributed by atoms with Crippen LogP contribution >= 0.6 is 0 Å². The standard InChI is InChI=1S/C32H20O/c1-3-11-23-21(9-1)19-29(27-15-7-5-13-25(23)27)31-17-18-32(33-31)30-20-22-10-2-4-12-24(22)26-14-6-8-16-28(26)30/h1-20H. The van der Waals surface area contributed by atoms with Gasteiger partial charge in [0.25, 0.3) is 0 Å². The van der Waals surface area contributed by atoms with Crippen molar-refractivity contribution >= 4 is 43.1 Å². The second-order valence-electron chi connectivity index (χ2n) is 8.55. The summed E-state index contributed by atoms with van der Waals surface area (Å²) in [5.74, 6) is 1.79. The summed E-state index contributed by atoms with van der Waals surface area (Å²) < 4.78 is 6.57. The summed E-state index contributed by atoms with van der Waals surface area (Å²) in [6.45, 7) is 0. The van der Waals surface area contributed by atoms with Gasteiger partial charge in [0.1, 0.15) is 11.5 Å². The second kappa shape index (κ2) is 7.08. The quantitative estimate of drug-likeness (QED) is 0.254. The molecule has 0 atom stereocenters. The Morgan fingerprint density at radius 2 is 0.697 bits per heavy atom. The molecule has 1 aromatic heterocycles. The van der Waals surface area contributed by atoms with Crippen molar-refractivity contribution in [1.82, 2.24) is 0 Å². The van der Waals surface area contributed by atoms with Crippen molar-refractivity contribution in [3.8, 4) is 22.6 Å². The van der Waals surface area contributed by atoms with Gasteiger partial charge in [-0.3, -0.25) is 0 Å². The van der Waals surface area contributed by atoms with Crippen molar-refractivity contribution in [2.75, 3.05) is 0 Å². The molecule has 1 nitrogen and oxygen atoms in total. The maximum atomic E-state index is 6.57. The SMILES string of the molecule is c1ccc2c(c1)cc(-c1ccc(-c3cc4ccccc4c4ccccc34)o1)c1ccccc12. The lowest BCUT2D eigenvalue weighted by Crippen LogP contribution is -1.84. The van der Waals surface area contributed by atoms with E-state index in [1.54, 1.807) is 0 Å². The highest BCUT2D eigenvalue weighted by atomic mass is 16.3. The molecule has 0 saturated carbocycles. The smallest absolute Gasteiger partial charge is 0.135 e. The monoisotopic (exact) mass is 420 g/mol. The van der Waals surface area contributed by atoms with Crippen LogP contribution in [0.4, 0.5) is 0 Å². The first-order chi connectivity index (χ1) is 16.4. The third-order valence-electron chi connectivity index (χ3n) is 6.67. The molecule has 0 unspecified atom stereocenters. The van der Waals surface area contributed by atoms with Crippen LogP contribution in [0.25, 0.3) is 65.7 Å². The van der Waals surface area contributed by atoms with E-state index in [0.717, 1.165) is 22.6 Å². The van der Waals surface area contributed by atoms with Gasteiger partial charge in [-0.1, -0.05) is 97.1 Å². The number of fused-ring (bicyclic) bond motifs is 6. The van der Waals surface area contributed by atoms with Crippen molar-refractivity contribution in [2.24, 2.45) is 0 Å². The summed E-state index contributed by atoms with van der Waals surface area (Å²) in [5.41, 5.74) is 2.25. The average Bonchev–Trinajstić information content (AvgIpc) is 3.38. The van der Waals surface area contributed by atoms with Crippen LogP contribution in [0.15, 0.2) is 126 Å². The van der Waals surface area contributed by atoms with Crippen LogP contribution in [0.2, 0.25) is 0 Å². The van der Waals surface area contributed by atoms with E-state index < -0.39 is 0 Å². The van der Waals surface area contributed by atoms with E-state index in [1.807, 2.05) is 0 Å². The van der Waals surface area contributed by atoms with Gasteiger partial charge in [-0.05, 0) is 67.4 Å². The van der Waals surface area contributed by atoms with Gasteiger partial charge >= 0.3 is 0 Å². The summed E-state index contributed by atoms with van der Waals surface area (Å²) in [4.78, 5) is 0. The van der Waals surface area contributed by atoms with Crippen molar-refractivity contribution in [3.63, 3.8) is 0 Å². The van der Waals surface area contributed by atoms with Crippen molar-refractivity contribution < 1.29 is 4.42 Å². The molecule has 0 spiro atoms. The normalized spacial score (nSPS) is 11.6. The van der Waals surface area contributed by atoms with Gasteiger partial charge in [0, 0.05) is 11.1 Å². The minimum Gasteiger partial charge on any atom is -0.456 e. The lowest BCUT2D eigenvalue weighted by molar-refractivity contribution is 0.599. The molecule has 0 bridgehead atoms. The van der Waals surface area contributed by atoms with Crippen LogP contribution in [0.3, 0.4) is 0 Å². The molecule has 0 radical (unpaired) electrons. The number of hydrogen-bond donors (Lipinski definition) is 0. The van der Waals surface area contributed by atoms with Crippen molar-refractivity contribution in [3.05, 3.63) is 121 Å². The first kappa shape index (κ1) is 18.2. The predicted molar refractivity (Wildman–Crippen MR) is 140 cm³/mol. The zero-order chi connectivity index (χ0) is 21.8. The summed E-state index contributed by atoms with van der Waals surface area (Å²) in [7, 11) is 0. The minimum atomic E-state index is 0.893. The van der Waals surface area contributed by atoms with E-state index >= 15 is 0 Å². The zero-order valence-electron chi connectivity index (χ0n) is 18.0. The molecule has 7 rings (SSSR count). The molecule has 0 aliphatic rings. The molecule has 1 heterocycles. The van der Waals surface area contributed by atoms with Gasteiger partial charge in [0.05, 0.1) is 0 Å². The molecule has 33 heavy (non-hydrogen) atoms. The zero-order valence-corrected chi connectivity index (χ0v) is 18.0. The summed E-state index contributed by atoms with van der Waals surface area (Å²) >= 11 is 0. The Hall–Kier alpha value is -4.36. The van der Waals surface area contributed by atoms with Crippen molar-refractivity contribution in [2.45, 2.75) is 0 Å². The molecule has 1 heteroatoms. The molecule has 0 amide bonds. The highest BCUT2D eigenvalue weighted by Crippen LogP contribution is 2.40. The Bertz CT molecular complexity index is 1690. The Balaban J connectivity index is 1.48. The van der Waals surface area contributed by atoms with Crippen LogP contribution in [0.1, 0.15) is 0 Å². The topological polar surface area (TPSA) is 13.1 Å². The van der Waals surface area contributed by atoms with Crippen molar-refractivity contribution in [1.29, 1.82) is 0 Å². The van der Waals surface area contributed by atoms with Gasteiger partial charge in [-0.25, -0.2) is 0 Å². The maximum Gasteiger partial charge on any atom is 0.135 e. The average molecular weight is 421 g/mol. The maximum absolute atomic E-state index is 6.57. The third kappa shape index (κ3) is 2.79. The molecule has 0 aliphatic carbocycles. The van der Waals surface area contributed by atoms with Crippen LogP contribution < -0.4 is 0 Å². The molecular formula is C32H20O. The van der Waals surface area contributed by atoms with Gasteiger partial charge in [0.2, 0.25) is 0 Å². The van der Waals surface area contributed by atoms with Crippen LogP contribution in [-0.2, 0) is 0 Å². The number of furan rings is 1. The molecule has 0 aliphatic heterocycles. The van der Waals surface area contributed by atoms with Crippen LogP contribution in [0, 0.1) is 0 Å². The Kier molecular flexibility index (Phi) is 3.91. The molecule has 0 N–H and O–H groups in total. The Morgan fingerprint density at radius 1 is 0.333 bits per heavy atom. The third-order valence-corrected chi connectivity index (χ3v) is 6.67. The second-order valence-corrected chi connectivity index (χ2v) is 8.55. The van der Waals surface area contributed by atoms with E-state index in [0.29, 0.717) is 0 Å². The molecule has 7 aromatic rings. The highest BCUT2D eigenvalue weighted by Gasteiger charge is 2.15. The summed E-state index contributed by atoms with van der Waals surface area (Å²) in [6, 6.07) is 43.0. The molecule has 154 valence electrons. The van der Waals surface area contributed by atoms with Crippen LogP contribution in [0.5, 0.6) is 0 Å². The largest absolute Gasteiger partial charge is 0.456 e. The fraction of sp³-hybridized carbons (Fsp3) is 0. The summed E-state index contributed by atoms with van der Waals surface area (Å²) in [6.07, 6.45) is 0. The number of hydrogen-bond acceptors (Lipinski definition) is 1. The lowest BCUT2D eigenvalue weighted by Gasteiger charge is -2.10. The van der Waals surface area contributed by atoms with E-state index in [9.17, 15) is 0 Å². The fourth-order valence-electron chi connectivity index (χ4n) is 5.14. The fourth-order valence-corrected chi connectivity index (χ4v) is 5.14. The van der Waals surface area contributed by atoms with Gasteiger partial charge in [0.15, 0.2) is 0 Å². The Morgan fingerprint density at radius 3 is 1.15 bits per heavy atom. The van der Waals surface area contributed by atoms with Gasteiger partial charge in [-0.2, -0.15) is 0 Å². The number of benzene rings is 6. The lowest BCUT2D eigenvalue weighted by atomic mass is 9.96. The highest BCUT2D eigenvalue weighted by molar-refractivity contribution is 6.14. The first-order valence-electron chi connectivity index (χ1n) is 11.3. The van der Waals surface area contributed by atoms with E-state index in [-0.39, 0.29) is 0 Å². The molecule has 6 aromatic carbocycles. The predicted octanol–water partition coefficient (Wildman–Crippen LogP) is 9.23. The first-order valence-corrected chi connectivity index (χ1v) is 11.3. The molecule has 0 saturated heterocycles. The molecule has 0 fully saturated rings. The summed E-state index contributed by atoms with van der Waals surface area (Å²) in [5, 5.41) is 9.90. The number of rotatable bonds is 2. The minimum absolute atomic E-state index is 0.893. The molecular weight excluding hydrogens is 400 g/mol. The van der Waals surface area contributed by atoms with E-state index in [2.05, 4.69) is 121 Å². The van der Waals surface area contributed by atoms with E-state index in [1.165, 1.54) is 43.1 Å².